The maximum absolute atomic E-state index is 11.5. The molecule has 1 fully saturated rings. The highest BCUT2D eigenvalue weighted by Gasteiger charge is 2.23. The molecule has 0 bridgehead atoms. The van der Waals surface area contributed by atoms with Gasteiger partial charge in [-0.3, -0.25) is 4.79 Å². The van der Waals surface area contributed by atoms with Gasteiger partial charge < -0.3 is 15.8 Å². The Labute approximate surface area is 97.9 Å². The summed E-state index contributed by atoms with van der Waals surface area (Å²) < 4.78 is 5.57. The van der Waals surface area contributed by atoms with E-state index in [9.17, 15) is 4.79 Å². The molecule has 2 atom stereocenters. The summed E-state index contributed by atoms with van der Waals surface area (Å²) in [5, 5.41) is 2.87. The number of carbonyl (C=O) groups is 1. The van der Waals surface area contributed by atoms with Gasteiger partial charge in [0.25, 0.3) is 0 Å². The monoisotopic (exact) mass is 228 g/mol. The summed E-state index contributed by atoms with van der Waals surface area (Å²) >= 11 is 0. The molecule has 3 N–H and O–H groups in total. The maximum Gasteiger partial charge on any atom is 0.246 e. The molecule has 1 aliphatic carbocycles. The van der Waals surface area contributed by atoms with E-state index in [4.69, 9.17) is 10.5 Å². The van der Waals surface area contributed by atoms with E-state index in [0.717, 1.165) is 19.3 Å². The molecule has 0 heterocycles. The molecule has 4 heteroatoms. The second kappa shape index (κ2) is 5.64. The molecule has 0 aromatic carbocycles. The van der Waals surface area contributed by atoms with Crippen LogP contribution in [0.15, 0.2) is 0 Å². The Morgan fingerprint density at radius 3 is 2.56 bits per heavy atom. The van der Waals surface area contributed by atoms with Crippen LogP contribution in [-0.2, 0) is 9.53 Å². The lowest BCUT2D eigenvalue weighted by Crippen LogP contribution is -2.45. The van der Waals surface area contributed by atoms with Crippen molar-refractivity contribution in [2.45, 2.75) is 64.1 Å². The molecule has 0 aromatic heterocycles. The van der Waals surface area contributed by atoms with Crippen LogP contribution in [0.3, 0.4) is 0 Å². The summed E-state index contributed by atoms with van der Waals surface area (Å²) in [5.74, 6) is -0.0646. The first-order valence-electron chi connectivity index (χ1n) is 6.07. The lowest BCUT2D eigenvalue weighted by molar-refractivity contribution is -0.130. The van der Waals surface area contributed by atoms with Crippen LogP contribution >= 0.6 is 0 Å². The molecule has 4 nitrogen and oxygen atoms in total. The highest BCUT2D eigenvalue weighted by molar-refractivity contribution is 5.77. The second-order valence-electron chi connectivity index (χ2n) is 5.60. The number of rotatable bonds is 3. The van der Waals surface area contributed by atoms with Gasteiger partial charge in [-0.25, -0.2) is 0 Å². The van der Waals surface area contributed by atoms with Gasteiger partial charge in [0.05, 0.1) is 6.10 Å². The summed E-state index contributed by atoms with van der Waals surface area (Å²) in [6.07, 6.45) is 4.36. The number of nitrogens with two attached hydrogens (primary N) is 1. The Hall–Kier alpha value is -0.610. The number of ether oxygens (including phenoxy) is 1. The highest BCUT2D eigenvalue weighted by Crippen LogP contribution is 2.19. The van der Waals surface area contributed by atoms with Crippen molar-refractivity contribution in [3.05, 3.63) is 0 Å². The van der Waals surface area contributed by atoms with E-state index in [2.05, 4.69) is 5.32 Å². The number of hydrogen-bond donors (Lipinski definition) is 2. The average molecular weight is 228 g/mol. The standard InChI is InChI=1S/C12H24N2O2/c1-12(2,3)14-11(15)8-16-10-7-5-4-6-9(10)13/h9-10H,4-8,13H2,1-3H3,(H,14,15). The smallest absolute Gasteiger partial charge is 0.246 e. The zero-order valence-electron chi connectivity index (χ0n) is 10.6. The predicted octanol–water partition coefficient (Wildman–Crippen LogP) is 1.19. The topological polar surface area (TPSA) is 64.3 Å². The van der Waals surface area contributed by atoms with Crippen LogP contribution < -0.4 is 11.1 Å². The second-order valence-corrected chi connectivity index (χ2v) is 5.60. The number of carbonyl (C=O) groups excluding carboxylic acids is 1. The molecule has 1 amide bonds. The lowest BCUT2D eigenvalue weighted by atomic mass is 9.93. The molecule has 1 rings (SSSR count). The maximum atomic E-state index is 11.5. The van der Waals surface area contributed by atoms with Crippen molar-refractivity contribution in [1.29, 1.82) is 0 Å². The Balaban J connectivity index is 2.25. The number of hydrogen-bond acceptors (Lipinski definition) is 3. The molecule has 16 heavy (non-hydrogen) atoms. The molecule has 94 valence electrons. The average Bonchev–Trinajstić information content (AvgIpc) is 2.14. The van der Waals surface area contributed by atoms with Gasteiger partial charge in [-0.1, -0.05) is 12.8 Å². The van der Waals surface area contributed by atoms with Crippen LogP contribution in [0.5, 0.6) is 0 Å². The Morgan fingerprint density at radius 1 is 1.38 bits per heavy atom. The molecular weight excluding hydrogens is 204 g/mol. The van der Waals surface area contributed by atoms with Crippen molar-refractivity contribution in [1.82, 2.24) is 5.32 Å². The molecule has 0 aliphatic heterocycles. The summed E-state index contributed by atoms with van der Waals surface area (Å²) in [5.41, 5.74) is 5.74. The third kappa shape index (κ3) is 4.94. The molecule has 0 saturated heterocycles. The van der Waals surface area contributed by atoms with Crippen molar-refractivity contribution >= 4 is 5.91 Å². The van der Waals surface area contributed by atoms with Gasteiger partial charge in [-0.05, 0) is 33.6 Å². The van der Waals surface area contributed by atoms with Crippen molar-refractivity contribution in [3.8, 4) is 0 Å². The van der Waals surface area contributed by atoms with Gasteiger partial charge in [-0.2, -0.15) is 0 Å². The minimum atomic E-state index is -0.199. The lowest BCUT2D eigenvalue weighted by Gasteiger charge is -2.29. The van der Waals surface area contributed by atoms with Gasteiger partial charge in [0, 0.05) is 11.6 Å². The molecule has 0 radical (unpaired) electrons. The fourth-order valence-corrected chi connectivity index (χ4v) is 1.97. The minimum Gasteiger partial charge on any atom is -0.367 e. The first kappa shape index (κ1) is 13.5. The normalized spacial score (nSPS) is 26.5. The fourth-order valence-electron chi connectivity index (χ4n) is 1.97. The van der Waals surface area contributed by atoms with Gasteiger partial charge in [0.1, 0.15) is 6.61 Å². The first-order chi connectivity index (χ1) is 7.38. The van der Waals surface area contributed by atoms with Crippen LogP contribution in [0.4, 0.5) is 0 Å². The van der Waals surface area contributed by atoms with Crippen molar-refractivity contribution < 1.29 is 9.53 Å². The van der Waals surface area contributed by atoms with Gasteiger partial charge in [0.15, 0.2) is 0 Å². The summed E-state index contributed by atoms with van der Waals surface area (Å²) in [6, 6.07) is 0.0937. The SMILES string of the molecule is CC(C)(C)NC(=O)COC1CCCCC1N. The number of amides is 1. The minimum absolute atomic E-state index is 0.0551. The first-order valence-corrected chi connectivity index (χ1v) is 6.07. The summed E-state index contributed by atoms with van der Waals surface area (Å²) in [4.78, 5) is 11.5. The molecule has 0 spiro atoms. The molecule has 1 aliphatic rings. The van der Waals surface area contributed by atoms with E-state index in [1.54, 1.807) is 0 Å². The van der Waals surface area contributed by atoms with Crippen molar-refractivity contribution in [3.63, 3.8) is 0 Å². The van der Waals surface area contributed by atoms with Crippen molar-refractivity contribution in [2.75, 3.05) is 6.61 Å². The van der Waals surface area contributed by atoms with Crippen LogP contribution in [0.1, 0.15) is 46.5 Å². The molecular formula is C12H24N2O2. The van der Waals surface area contributed by atoms with Gasteiger partial charge >= 0.3 is 0 Å². The zero-order valence-corrected chi connectivity index (χ0v) is 10.6. The van der Waals surface area contributed by atoms with Crippen LogP contribution in [0, 0.1) is 0 Å². The van der Waals surface area contributed by atoms with Gasteiger partial charge in [0.2, 0.25) is 5.91 Å². The Kier molecular flexibility index (Phi) is 4.74. The van der Waals surface area contributed by atoms with Gasteiger partial charge in [-0.15, -0.1) is 0 Å². The van der Waals surface area contributed by atoms with Crippen LogP contribution in [0.25, 0.3) is 0 Å². The summed E-state index contributed by atoms with van der Waals surface area (Å²) in [7, 11) is 0. The third-order valence-electron chi connectivity index (χ3n) is 2.70. The van der Waals surface area contributed by atoms with Crippen LogP contribution in [0.2, 0.25) is 0 Å². The quantitative estimate of drug-likeness (QED) is 0.762. The Morgan fingerprint density at radius 2 is 2.00 bits per heavy atom. The molecule has 0 aromatic rings. The fraction of sp³-hybridized carbons (Fsp3) is 0.917. The largest absolute Gasteiger partial charge is 0.367 e. The highest BCUT2D eigenvalue weighted by atomic mass is 16.5. The third-order valence-corrected chi connectivity index (χ3v) is 2.70. The zero-order chi connectivity index (χ0) is 12.2. The van der Waals surface area contributed by atoms with E-state index < -0.39 is 0 Å². The van der Waals surface area contributed by atoms with E-state index in [1.165, 1.54) is 6.42 Å². The van der Waals surface area contributed by atoms with E-state index in [1.807, 2.05) is 20.8 Å². The Bertz CT molecular complexity index is 236. The van der Waals surface area contributed by atoms with E-state index in [-0.39, 0.29) is 30.2 Å². The van der Waals surface area contributed by atoms with Crippen molar-refractivity contribution in [2.24, 2.45) is 5.73 Å². The molecule has 1 saturated carbocycles. The van der Waals surface area contributed by atoms with Crippen LogP contribution in [-0.4, -0.2) is 30.2 Å². The van der Waals surface area contributed by atoms with E-state index >= 15 is 0 Å². The van der Waals surface area contributed by atoms with E-state index in [0.29, 0.717) is 0 Å². The summed E-state index contributed by atoms with van der Waals surface area (Å²) in [6.45, 7) is 5.99. The molecule has 2 unspecified atom stereocenters. The number of nitrogens with one attached hydrogen (secondary N) is 1. The predicted molar refractivity (Wildman–Crippen MR) is 64.1 cm³/mol.